The first-order valence-electron chi connectivity index (χ1n) is 7.96. The fourth-order valence-corrected chi connectivity index (χ4v) is 4.95. The van der Waals surface area contributed by atoms with Crippen molar-refractivity contribution in [1.82, 2.24) is 4.90 Å². The van der Waals surface area contributed by atoms with E-state index in [2.05, 4.69) is 24.1 Å². The summed E-state index contributed by atoms with van der Waals surface area (Å²) in [4.78, 5) is 28.7. The zero-order valence-corrected chi connectivity index (χ0v) is 16.7. The van der Waals surface area contributed by atoms with E-state index in [0.717, 1.165) is 34.8 Å². The number of nitrogens with zero attached hydrogens (tertiary/aromatic N) is 1. The van der Waals surface area contributed by atoms with E-state index in [9.17, 15) is 9.59 Å². The molecule has 2 aromatic heterocycles. The minimum Gasteiger partial charge on any atom is -0.365 e. The van der Waals surface area contributed by atoms with E-state index < -0.39 is 5.91 Å². The molecule has 2 aromatic rings. The number of hydrogen-bond donors (Lipinski definition) is 2. The van der Waals surface area contributed by atoms with Gasteiger partial charge in [0.1, 0.15) is 5.00 Å². The van der Waals surface area contributed by atoms with Crippen LogP contribution >= 0.6 is 35.1 Å². The van der Waals surface area contributed by atoms with Crippen LogP contribution in [0, 0.1) is 0 Å². The molecular weight excluding hydrogens is 378 g/mol. The minimum absolute atomic E-state index is 0. The lowest BCUT2D eigenvalue weighted by Gasteiger charge is -2.30. The Hall–Kier alpha value is -1.41. The van der Waals surface area contributed by atoms with Crippen molar-refractivity contribution in [2.24, 2.45) is 5.73 Å². The molecule has 8 heteroatoms. The van der Waals surface area contributed by atoms with E-state index in [1.165, 1.54) is 11.3 Å². The Balaban J connectivity index is 0.00000225. The first kappa shape index (κ1) is 19.9. The molecule has 1 aliphatic heterocycles. The molecule has 136 valence electrons. The van der Waals surface area contributed by atoms with Gasteiger partial charge in [-0.15, -0.1) is 35.1 Å². The summed E-state index contributed by atoms with van der Waals surface area (Å²) in [5, 5.41) is 5.44. The van der Waals surface area contributed by atoms with Gasteiger partial charge in [-0.05, 0) is 37.3 Å². The van der Waals surface area contributed by atoms with Crippen LogP contribution in [-0.4, -0.2) is 29.3 Å². The molecule has 0 unspecified atom stereocenters. The summed E-state index contributed by atoms with van der Waals surface area (Å²) >= 11 is 3.03. The van der Waals surface area contributed by atoms with E-state index in [4.69, 9.17) is 5.73 Å². The largest absolute Gasteiger partial charge is 0.365 e. The van der Waals surface area contributed by atoms with Gasteiger partial charge in [0.05, 0.1) is 12.0 Å². The molecule has 0 aromatic carbocycles. The Morgan fingerprint density at radius 2 is 2.16 bits per heavy atom. The summed E-state index contributed by atoms with van der Waals surface area (Å²) in [5.74, 6) is -0.573. The van der Waals surface area contributed by atoms with E-state index >= 15 is 0 Å². The van der Waals surface area contributed by atoms with Gasteiger partial charge in [-0.2, -0.15) is 0 Å². The number of fused-ring (bicyclic) bond motifs is 1. The van der Waals surface area contributed by atoms with Gasteiger partial charge < -0.3 is 11.1 Å². The Morgan fingerprint density at radius 3 is 2.76 bits per heavy atom. The van der Waals surface area contributed by atoms with Crippen LogP contribution in [0.3, 0.4) is 0 Å². The van der Waals surface area contributed by atoms with E-state index in [1.807, 2.05) is 17.5 Å². The number of rotatable bonds is 5. The predicted octanol–water partition coefficient (Wildman–Crippen LogP) is 3.28. The maximum Gasteiger partial charge on any atom is 0.251 e. The fraction of sp³-hybridized carbons (Fsp3) is 0.412. The van der Waals surface area contributed by atoms with Crippen molar-refractivity contribution in [3.63, 3.8) is 0 Å². The second-order valence-electron chi connectivity index (χ2n) is 6.19. The Kier molecular flexibility index (Phi) is 6.62. The predicted molar refractivity (Wildman–Crippen MR) is 106 cm³/mol. The van der Waals surface area contributed by atoms with Crippen LogP contribution in [-0.2, 0) is 24.2 Å². The lowest BCUT2D eigenvalue weighted by atomic mass is 10.0. The lowest BCUT2D eigenvalue weighted by molar-refractivity contribution is -0.115. The third-order valence-corrected chi connectivity index (χ3v) is 6.24. The quantitative estimate of drug-likeness (QED) is 0.810. The van der Waals surface area contributed by atoms with Crippen molar-refractivity contribution < 1.29 is 9.59 Å². The Labute approximate surface area is 161 Å². The highest BCUT2D eigenvalue weighted by Gasteiger charge is 2.28. The van der Waals surface area contributed by atoms with E-state index in [1.54, 1.807) is 11.3 Å². The highest BCUT2D eigenvalue weighted by atomic mass is 35.5. The maximum absolute atomic E-state index is 12.3. The SMILES string of the molecule is CC(C)N1CCc2c(sc(NC(=O)Cc3cccs3)c2C(N)=O)C1.Cl. The average Bonchev–Trinajstić information content (AvgIpc) is 3.12. The van der Waals surface area contributed by atoms with Crippen molar-refractivity contribution in [2.75, 3.05) is 11.9 Å². The van der Waals surface area contributed by atoms with Gasteiger partial charge in [0.25, 0.3) is 5.91 Å². The number of carbonyl (C=O) groups is 2. The number of hydrogen-bond acceptors (Lipinski definition) is 5. The molecule has 5 nitrogen and oxygen atoms in total. The third kappa shape index (κ3) is 4.41. The number of amides is 2. The number of primary amides is 1. The van der Waals surface area contributed by atoms with Gasteiger partial charge in [0.2, 0.25) is 5.91 Å². The Morgan fingerprint density at radius 1 is 1.40 bits per heavy atom. The molecule has 0 atom stereocenters. The number of thiophene rings is 2. The fourth-order valence-electron chi connectivity index (χ4n) is 2.95. The summed E-state index contributed by atoms with van der Waals surface area (Å²) in [6.45, 7) is 6.04. The standard InChI is InChI=1S/C17H21N3O2S2.ClH/c1-10(2)20-6-5-12-13(9-20)24-17(15(12)16(18)22)19-14(21)8-11-4-3-7-23-11;/h3-4,7,10H,5-6,8-9H2,1-2H3,(H2,18,22)(H,19,21);1H. The van der Waals surface area contributed by atoms with Crippen LogP contribution in [0.1, 0.15) is 39.5 Å². The normalized spacial score (nSPS) is 14.0. The molecule has 0 spiro atoms. The first-order chi connectivity index (χ1) is 11.5. The highest BCUT2D eigenvalue weighted by Crippen LogP contribution is 2.37. The monoisotopic (exact) mass is 399 g/mol. The summed E-state index contributed by atoms with van der Waals surface area (Å²) in [5.41, 5.74) is 7.10. The molecule has 3 heterocycles. The highest BCUT2D eigenvalue weighted by molar-refractivity contribution is 7.17. The number of nitrogens with two attached hydrogens (primary N) is 1. The topological polar surface area (TPSA) is 75.4 Å². The van der Waals surface area contributed by atoms with Crippen LogP contribution in [0.2, 0.25) is 0 Å². The van der Waals surface area contributed by atoms with Crippen molar-refractivity contribution >= 4 is 51.9 Å². The first-order valence-corrected chi connectivity index (χ1v) is 9.66. The van der Waals surface area contributed by atoms with Crippen LogP contribution < -0.4 is 11.1 Å². The Bertz CT molecular complexity index is 756. The van der Waals surface area contributed by atoms with E-state index in [0.29, 0.717) is 23.0 Å². The molecule has 25 heavy (non-hydrogen) atoms. The number of anilines is 1. The van der Waals surface area contributed by atoms with Gasteiger partial charge in [-0.3, -0.25) is 14.5 Å². The second kappa shape index (κ2) is 8.31. The lowest BCUT2D eigenvalue weighted by Crippen LogP contribution is -2.35. The van der Waals surface area contributed by atoms with Crippen molar-refractivity contribution in [1.29, 1.82) is 0 Å². The maximum atomic E-state index is 12.3. The zero-order valence-electron chi connectivity index (χ0n) is 14.2. The summed E-state index contributed by atoms with van der Waals surface area (Å²) in [6.07, 6.45) is 1.11. The van der Waals surface area contributed by atoms with Crippen LogP contribution in [0.5, 0.6) is 0 Å². The average molecular weight is 400 g/mol. The number of carbonyl (C=O) groups excluding carboxylic acids is 2. The second-order valence-corrected chi connectivity index (χ2v) is 8.33. The molecule has 0 radical (unpaired) electrons. The zero-order chi connectivity index (χ0) is 17.3. The molecule has 0 aliphatic carbocycles. The van der Waals surface area contributed by atoms with E-state index in [-0.39, 0.29) is 18.3 Å². The molecule has 0 fully saturated rings. The molecule has 0 saturated heterocycles. The molecule has 3 N–H and O–H groups in total. The molecule has 2 amide bonds. The molecule has 1 aliphatic rings. The van der Waals surface area contributed by atoms with Crippen molar-refractivity contribution in [3.8, 4) is 0 Å². The number of nitrogens with one attached hydrogen (secondary N) is 1. The van der Waals surface area contributed by atoms with Crippen LogP contribution in [0.4, 0.5) is 5.00 Å². The summed E-state index contributed by atoms with van der Waals surface area (Å²) < 4.78 is 0. The number of halogens is 1. The summed E-state index contributed by atoms with van der Waals surface area (Å²) in [7, 11) is 0. The smallest absolute Gasteiger partial charge is 0.251 e. The van der Waals surface area contributed by atoms with Gasteiger partial charge in [0, 0.05) is 28.9 Å². The molecule has 0 saturated carbocycles. The molecule has 3 rings (SSSR count). The van der Waals surface area contributed by atoms with Crippen molar-refractivity contribution in [2.45, 2.75) is 39.3 Å². The molecular formula is C17H22ClN3O2S2. The molecule has 0 bridgehead atoms. The summed E-state index contributed by atoms with van der Waals surface area (Å²) in [6, 6.07) is 4.31. The van der Waals surface area contributed by atoms with Gasteiger partial charge in [-0.1, -0.05) is 6.07 Å². The third-order valence-electron chi connectivity index (χ3n) is 4.23. The van der Waals surface area contributed by atoms with Crippen LogP contribution in [0.15, 0.2) is 17.5 Å². The van der Waals surface area contributed by atoms with Gasteiger partial charge in [0.15, 0.2) is 0 Å². The van der Waals surface area contributed by atoms with Gasteiger partial charge in [-0.25, -0.2) is 0 Å². The minimum atomic E-state index is -0.461. The van der Waals surface area contributed by atoms with Crippen LogP contribution in [0.25, 0.3) is 0 Å². The van der Waals surface area contributed by atoms with Gasteiger partial charge >= 0.3 is 0 Å². The van der Waals surface area contributed by atoms with Crippen molar-refractivity contribution in [3.05, 3.63) is 38.4 Å².